The lowest BCUT2D eigenvalue weighted by atomic mass is 9.46. The van der Waals surface area contributed by atoms with Crippen LogP contribution in [0.1, 0.15) is 98.3 Å². The van der Waals surface area contributed by atoms with Crippen molar-refractivity contribution < 1.29 is 14.7 Å². The minimum absolute atomic E-state index is 0.216. The van der Waals surface area contributed by atoms with Gasteiger partial charge in [-0.3, -0.25) is 9.59 Å². The number of carbonyl (C=O) groups excluding carboxylic acids is 1. The first kappa shape index (κ1) is 22.1. The molecule has 3 saturated carbocycles. The van der Waals surface area contributed by atoms with Crippen molar-refractivity contribution in [3.63, 3.8) is 0 Å². The number of carbonyl (C=O) groups is 2. The second-order valence-electron chi connectivity index (χ2n) is 11.8. The van der Waals surface area contributed by atoms with Crippen molar-refractivity contribution in [1.82, 2.24) is 0 Å². The van der Waals surface area contributed by atoms with Gasteiger partial charge in [-0.2, -0.15) is 0 Å². The smallest absolute Gasteiger partial charge is 0.306 e. The van der Waals surface area contributed by atoms with Crippen molar-refractivity contribution in [2.75, 3.05) is 0 Å². The molecule has 0 aromatic heterocycles. The zero-order chi connectivity index (χ0) is 21.7. The van der Waals surface area contributed by atoms with E-state index in [1.54, 1.807) is 0 Å². The molecule has 0 aliphatic heterocycles. The second kappa shape index (κ2) is 8.10. The monoisotopic (exact) mass is 414 g/mol. The van der Waals surface area contributed by atoms with Crippen LogP contribution in [0.25, 0.3) is 0 Å². The van der Waals surface area contributed by atoms with Crippen LogP contribution in [-0.4, -0.2) is 16.9 Å². The standard InChI is InChI=1S/C27H42O3/c1-17(6-5-7-18(2)25(29)30)22-10-11-23-21-9-8-19-16-20(28)12-14-26(19,3)24(21)13-15-27(22,23)4/h16-18,21-24H,5-15H2,1-4H3,(H,29,30)/t17?,18-,21?,22-,23?,24?,26+,27-/m1/s1. The molecule has 8 atom stereocenters. The molecule has 0 amide bonds. The molecule has 0 aromatic carbocycles. The highest BCUT2D eigenvalue weighted by Crippen LogP contribution is 2.67. The van der Waals surface area contributed by atoms with Crippen molar-refractivity contribution in [1.29, 1.82) is 0 Å². The summed E-state index contributed by atoms with van der Waals surface area (Å²) in [5.41, 5.74) is 2.20. The van der Waals surface area contributed by atoms with E-state index < -0.39 is 5.97 Å². The molecule has 4 unspecified atom stereocenters. The van der Waals surface area contributed by atoms with Crippen LogP contribution in [0.2, 0.25) is 0 Å². The highest BCUT2D eigenvalue weighted by molar-refractivity contribution is 5.91. The fourth-order valence-corrected chi connectivity index (χ4v) is 8.61. The van der Waals surface area contributed by atoms with E-state index in [0.717, 1.165) is 55.8 Å². The number of carboxylic acids is 1. The average Bonchev–Trinajstić information content (AvgIpc) is 3.05. The van der Waals surface area contributed by atoms with Gasteiger partial charge in [-0.1, -0.05) is 46.1 Å². The molecule has 0 bridgehead atoms. The molecule has 3 heteroatoms. The summed E-state index contributed by atoms with van der Waals surface area (Å²) < 4.78 is 0. The Bertz CT molecular complexity index is 724. The Morgan fingerprint density at radius 2 is 1.83 bits per heavy atom. The minimum atomic E-state index is -0.655. The molecule has 0 heterocycles. The molecule has 4 aliphatic rings. The van der Waals surface area contributed by atoms with Crippen molar-refractivity contribution in [3.05, 3.63) is 11.6 Å². The van der Waals surface area contributed by atoms with Crippen LogP contribution >= 0.6 is 0 Å². The number of allylic oxidation sites excluding steroid dienone is 1. The van der Waals surface area contributed by atoms with Crippen molar-refractivity contribution in [3.8, 4) is 0 Å². The molecule has 3 nitrogen and oxygen atoms in total. The van der Waals surface area contributed by atoms with E-state index in [2.05, 4.69) is 20.8 Å². The fourth-order valence-electron chi connectivity index (χ4n) is 8.61. The second-order valence-corrected chi connectivity index (χ2v) is 11.8. The van der Waals surface area contributed by atoms with Gasteiger partial charge in [-0.05, 0) is 97.9 Å². The molecular formula is C27H42O3. The van der Waals surface area contributed by atoms with Gasteiger partial charge in [0.15, 0.2) is 5.78 Å². The number of ketones is 1. The number of carboxylic acid groups (broad SMARTS) is 1. The number of aliphatic carboxylic acids is 1. The Kier molecular flexibility index (Phi) is 5.96. The fraction of sp³-hybridized carbons (Fsp3) is 0.852. The van der Waals surface area contributed by atoms with Gasteiger partial charge in [0.1, 0.15) is 0 Å². The summed E-state index contributed by atoms with van der Waals surface area (Å²) >= 11 is 0. The van der Waals surface area contributed by atoms with Crippen LogP contribution < -0.4 is 0 Å². The molecule has 4 aliphatic carbocycles. The highest BCUT2D eigenvalue weighted by Gasteiger charge is 2.59. The Morgan fingerprint density at radius 3 is 2.57 bits per heavy atom. The third kappa shape index (κ3) is 3.58. The molecule has 1 N–H and O–H groups in total. The maximum atomic E-state index is 12.0. The molecule has 0 saturated heterocycles. The van der Waals surface area contributed by atoms with Crippen LogP contribution in [0.3, 0.4) is 0 Å². The first-order chi connectivity index (χ1) is 14.2. The van der Waals surface area contributed by atoms with Gasteiger partial charge >= 0.3 is 5.97 Å². The summed E-state index contributed by atoms with van der Waals surface area (Å²) in [6, 6.07) is 0. The first-order valence-corrected chi connectivity index (χ1v) is 12.6. The van der Waals surface area contributed by atoms with E-state index in [1.165, 1.54) is 44.1 Å². The van der Waals surface area contributed by atoms with Crippen molar-refractivity contribution >= 4 is 11.8 Å². The van der Waals surface area contributed by atoms with E-state index in [0.29, 0.717) is 17.1 Å². The SMILES string of the molecule is CC(CCC[C@@H](C)C(=O)O)[C@H]1CCC2C3CCC4=CC(=O)CC[C@]4(C)C3CC[C@@]21C. The van der Waals surface area contributed by atoms with Gasteiger partial charge < -0.3 is 5.11 Å². The Hall–Kier alpha value is -1.12. The molecule has 0 radical (unpaired) electrons. The Morgan fingerprint density at radius 1 is 1.07 bits per heavy atom. The number of hydrogen-bond donors (Lipinski definition) is 1. The predicted molar refractivity (Wildman–Crippen MR) is 120 cm³/mol. The van der Waals surface area contributed by atoms with E-state index in [4.69, 9.17) is 5.11 Å². The van der Waals surface area contributed by atoms with E-state index in [-0.39, 0.29) is 11.3 Å². The molecule has 30 heavy (non-hydrogen) atoms. The number of hydrogen-bond acceptors (Lipinski definition) is 2. The number of fused-ring (bicyclic) bond motifs is 5. The molecule has 168 valence electrons. The maximum absolute atomic E-state index is 12.0. The van der Waals surface area contributed by atoms with Gasteiger partial charge in [0.2, 0.25) is 0 Å². The van der Waals surface area contributed by atoms with Gasteiger partial charge in [0.25, 0.3) is 0 Å². The van der Waals surface area contributed by atoms with Gasteiger partial charge in [0.05, 0.1) is 5.92 Å². The lowest BCUT2D eigenvalue weighted by molar-refractivity contribution is -0.141. The van der Waals surface area contributed by atoms with E-state index >= 15 is 0 Å². The summed E-state index contributed by atoms with van der Waals surface area (Å²) in [6.45, 7) is 9.35. The topological polar surface area (TPSA) is 54.4 Å². The zero-order valence-electron chi connectivity index (χ0n) is 19.6. The van der Waals surface area contributed by atoms with Crippen LogP contribution in [0, 0.1) is 46.3 Å². The number of rotatable bonds is 6. The highest BCUT2D eigenvalue weighted by atomic mass is 16.4. The molecule has 3 fully saturated rings. The molecular weight excluding hydrogens is 372 g/mol. The summed E-state index contributed by atoms with van der Waals surface area (Å²) in [5.74, 6) is 3.43. The third-order valence-corrected chi connectivity index (χ3v) is 10.4. The van der Waals surface area contributed by atoms with Crippen LogP contribution in [0.15, 0.2) is 11.6 Å². The maximum Gasteiger partial charge on any atom is 0.306 e. The summed E-state index contributed by atoms with van der Waals surface area (Å²) in [6.07, 6.45) is 14.7. The van der Waals surface area contributed by atoms with Gasteiger partial charge in [-0.25, -0.2) is 0 Å². The summed E-state index contributed by atoms with van der Waals surface area (Å²) in [7, 11) is 0. The largest absolute Gasteiger partial charge is 0.481 e. The first-order valence-electron chi connectivity index (χ1n) is 12.6. The van der Waals surface area contributed by atoms with Crippen LogP contribution in [0.4, 0.5) is 0 Å². The summed E-state index contributed by atoms with van der Waals surface area (Å²) in [4.78, 5) is 23.2. The van der Waals surface area contributed by atoms with E-state index in [9.17, 15) is 9.59 Å². The van der Waals surface area contributed by atoms with Crippen LogP contribution in [-0.2, 0) is 9.59 Å². The predicted octanol–water partition coefficient (Wildman–Crippen LogP) is 6.66. The van der Waals surface area contributed by atoms with Crippen LogP contribution in [0.5, 0.6) is 0 Å². The minimum Gasteiger partial charge on any atom is -0.481 e. The van der Waals surface area contributed by atoms with E-state index in [1.807, 2.05) is 13.0 Å². The normalized spacial score (nSPS) is 42.5. The van der Waals surface area contributed by atoms with Crippen molar-refractivity contribution in [2.45, 2.75) is 98.3 Å². The zero-order valence-corrected chi connectivity index (χ0v) is 19.6. The quantitative estimate of drug-likeness (QED) is 0.528. The third-order valence-electron chi connectivity index (χ3n) is 10.4. The Balaban J connectivity index is 1.44. The lowest BCUT2D eigenvalue weighted by Gasteiger charge is -2.58. The van der Waals surface area contributed by atoms with Gasteiger partial charge in [0, 0.05) is 6.42 Å². The average molecular weight is 415 g/mol. The molecule has 0 aromatic rings. The van der Waals surface area contributed by atoms with Gasteiger partial charge in [-0.15, -0.1) is 0 Å². The Labute approximate surface area is 183 Å². The molecule has 4 rings (SSSR count). The molecule has 0 spiro atoms. The summed E-state index contributed by atoms with van der Waals surface area (Å²) in [5, 5.41) is 9.16. The lowest BCUT2D eigenvalue weighted by Crippen LogP contribution is -2.50. The van der Waals surface area contributed by atoms with Crippen molar-refractivity contribution in [2.24, 2.45) is 46.3 Å².